The molecule has 0 spiro atoms. The van der Waals surface area contributed by atoms with Gasteiger partial charge in [0.15, 0.2) is 0 Å². The number of hydrogen-bond acceptors (Lipinski definition) is 3. The normalized spacial score (nSPS) is 14.9. The van der Waals surface area contributed by atoms with Gasteiger partial charge >= 0.3 is 0 Å². The van der Waals surface area contributed by atoms with E-state index >= 15 is 0 Å². The van der Waals surface area contributed by atoms with Crippen molar-refractivity contribution < 1.29 is 9.59 Å². The summed E-state index contributed by atoms with van der Waals surface area (Å²) >= 11 is 3.94. The molecule has 0 aliphatic heterocycles. The zero-order valence-corrected chi connectivity index (χ0v) is 8.98. The average molecular weight is 216 g/mol. The second kappa shape index (κ2) is 5.90. The average Bonchev–Trinajstić information content (AvgIpc) is 2.95. The van der Waals surface area contributed by atoms with Gasteiger partial charge in [0.1, 0.15) is 0 Å². The molecule has 4 nitrogen and oxygen atoms in total. The first-order valence-corrected chi connectivity index (χ1v) is 5.52. The molecule has 0 unspecified atom stereocenters. The van der Waals surface area contributed by atoms with Crippen LogP contribution in [-0.2, 0) is 9.59 Å². The molecule has 0 aromatic heterocycles. The first-order valence-electron chi connectivity index (χ1n) is 4.89. The van der Waals surface area contributed by atoms with Crippen LogP contribution in [0.25, 0.3) is 0 Å². The third kappa shape index (κ3) is 4.50. The maximum Gasteiger partial charge on any atom is 0.223 e. The quantitative estimate of drug-likeness (QED) is 0.430. The number of nitrogens with one attached hydrogen (secondary N) is 2. The van der Waals surface area contributed by atoms with E-state index in [2.05, 4.69) is 23.3 Å². The predicted octanol–water partition coefficient (Wildman–Crippen LogP) is -0.0513. The van der Waals surface area contributed by atoms with E-state index in [4.69, 9.17) is 0 Å². The van der Waals surface area contributed by atoms with Crippen molar-refractivity contribution in [2.45, 2.75) is 19.3 Å². The molecule has 2 N–H and O–H groups in total. The molecule has 0 saturated heterocycles. The molecule has 5 heteroatoms. The van der Waals surface area contributed by atoms with Crippen LogP contribution in [0.15, 0.2) is 0 Å². The van der Waals surface area contributed by atoms with Gasteiger partial charge in [-0.2, -0.15) is 12.6 Å². The fraction of sp³-hybridized carbons (Fsp3) is 0.778. The van der Waals surface area contributed by atoms with Crippen LogP contribution >= 0.6 is 12.6 Å². The predicted molar refractivity (Wildman–Crippen MR) is 57.2 cm³/mol. The number of hydrogen-bond donors (Lipinski definition) is 3. The number of carbonyl (C=O) groups excluding carboxylic acids is 2. The second-order valence-corrected chi connectivity index (χ2v) is 3.84. The Balaban J connectivity index is 1.93. The summed E-state index contributed by atoms with van der Waals surface area (Å²) in [6.07, 6.45) is 2.45. The van der Waals surface area contributed by atoms with Gasteiger partial charge in [-0.05, 0) is 18.6 Å². The van der Waals surface area contributed by atoms with Crippen molar-refractivity contribution in [2.24, 2.45) is 5.92 Å². The van der Waals surface area contributed by atoms with Crippen molar-refractivity contribution in [3.05, 3.63) is 0 Å². The number of thiol groups is 1. The topological polar surface area (TPSA) is 58.2 Å². The van der Waals surface area contributed by atoms with Crippen molar-refractivity contribution in [2.75, 3.05) is 18.8 Å². The van der Waals surface area contributed by atoms with E-state index in [9.17, 15) is 9.59 Å². The van der Waals surface area contributed by atoms with Crippen LogP contribution < -0.4 is 10.6 Å². The molecular weight excluding hydrogens is 200 g/mol. The van der Waals surface area contributed by atoms with E-state index in [1.165, 1.54) is 0 Å². The van der Waals surface area contributed by atoms with Gasteiger partial charge in [0, 0.05) is 25.4 Å². The molecule has 1 aliphatic carbocycles. The Hall–Kier alpha value is -0.710. The fourth-order valence-corrected chi connectivity index (χ4v) is 1.27. The Kier molecular flexibility index (Phi) is 4.79. The Bertz CT molecular complexity index is 217. The molecule has 1 fully saturated rings. The van der Waals surface area contributed by atoms with Crippen LogP contribution in [-0.4, -0.2) is 30.7 Å². The summed E-state index contributed by atoms with van der Waals surface area (Å²) in [5.41, 5.74) is 0. The third-order valence-electron chi connectivity index (χ3n) is 2.03. The molecule has 1 aliphatic rings. The molecular formula is C9H16N2O2S. The Morgan fingerprint density at radius 3 is 2.43 bits per heavy atom. The summed E-state index contributed by atoms with van der Waals surface area (Å²) in [7, 11) is 0. The van der Waals surface area contributed by atoms with Gasteiger partial charge in [0.05, 0.1) is 0 Å². The van der Waals surface area contributed by atoms with E-state index in [1.54, 1.807) is 0 Å². The number of amides is 2. The van der Waals surface area contributed by atoms with Gasteiger partial charge < -0.3 is 10.6 Å². The molecule has 0 heterocycles. The number of carbonyl (C=O) groups is 2. The monoisotopic (exact) mass is 216 g/mol. The molecule has 0 radical (unpaired) electrons. The summed E-state index contributed by atoms with van der Waals surface area (Å²) in [6, 6.07) is 0. The molecule has 1 rings (SSSR count). The van der Waals surface area contributed by atoms with Gasteiger partial charge in [-0.25, -0.2) is 0 Å². The van der Waals surface area contributed by atoms with Gasteiger partial charge in [0.2, 0.25) is 11.8 Å². The molecule has 0 bridgehead atoms. The maximum absolute atomic E-state index is 11.1. The van der Waals surface area contributed by atoms with Gasteiger partial charge in [0.25, 0.3) is 0 Å². The SMILES string of the molecule is O=C(CCS)NCCNC(=O)C1CC1. The molecule has 0 aromatic rings. The summed E-state index contributed by atoms with van der Waals surface area (Å²) in [4.78, 5) is 22.1. The summed E-state index contributed by atoms with van der Waals surface area (Å²) in [6.45, 7) is 1.03. The van der Waals surface area contributed by atoms with E-state index in [-0.39, 0.29) is 17.7 Å². The molecule has 14 heavy (non-hydrogen) atoms. The van der Waals surface area contributed by atoms with E-state index in [1.807, 2.05) is 0 Å². The molecule has 0 atom stereocenters. The first kappa shape index (κ1) is 11.4. The Morgan fingerprint density at radius 2 is 1.86 bits per heavy atom. The van der Waals surface area contributed by atoms with Crippen molar-refractivity contribution >= 4 is 24.4 Å². The lowest BCUT2D eigenvalue weighted by Gasteiger charge is -2.05. The maximum atomic E-state index is 11.1. The smallest absolute Gasteiger partial charge is 0.223 e. The zero-order chi connectivity index (χ0) is 10.4. The minimum atomic E-state index is -0.0133. The second-order valence-electron chi connectivity index (χ2n) is 3.39. The fourth-order valence-electron chi connectivity index (χ4n) is 1.07. The lowest BCUT2D eigenvalue weighted by Crippen LogP contribution is -2.35. The molecule has 0 aromatic carbocycles. The van der Waals surface area contributed by atoms with Crippen LogP contribution in [0.4, 0.5) is 0 Å². The third-order valence-corrected chi connectivity index (χ3v) is 2.26. The molecule has 1 saturated carbocycles. The largest absolute Gasteiger partial charge is 0.354 e. The van der Waals surface area contributed by atoms with Crippen LogP contribution in [0.1, 0.15) is 19.3 Å². The summed E-state index contributed by atoms with van der Waals surface area (Å²) < 4.78 is 0. The number of rotatable bonds is 6. The van der Waals surface area contributed by atoms with Crippen molar-refractivity contribution in [3.63, 3.8) is 0 Å². The summed E-state index contributed by atoms with van der Waals surface area (Å²) in [5, 5.41) is 5.47. The van der Waals surface area contributed by atoms with Gasteiger partial charge in [-0.1, -0.05) is 0 Å². The van der Waals surface area contributed by atoms with Crippen molar-refractivity contribution in [3.8, 4) is 0 Å². The minimum Gasteiger partial charge on any atom is -0.354 e. The highest BCUT2D eigenvalue weighted by Crippen LogP contribution is 2.28. The highest BCUT2D eigenvalue weighted by atomic mass is 32.1. The van der Waals surface area contributed by atoms with Crippen LogP contribution in [0.3, 0.4) is 0 Å². The minimum absolute atomic E-state index is 0.0133. The van der Waals surface area contributed by atoms with Crippen LogP contribution in [0.2, 0.25) is 0 Å². The lowest BCUT2D eigenvalue weighted by atomic mass is 10.4. The van der Waals surface area contributed by atoms with Crippen LogP contribution in [0, 0.1) is 5.92 Å². The van der Waals surface area contributed by atoms with E-state index in [0.717, 1.165) is 12.8 Å². The highest BCUT2D eigenvalue weighted by molar-refractivity contribution is 7.80. The van der Waals surface area contributed by atoms with Crippen LogP contribution in [0.5, 0.6) is 0 Å². The van der Waals surface area contributed by atoms with Crippen molar-refractivity contribution in [1.29, 1.82) is 0 Å². The van der Waals surface area contributed by atoms with Gasteiger partial charge in [-0.15, -0.1) is 0 Å². The van der Waals surface area contributed by atoms with Gasteiger partial charge in [-0.3, -0.25) is 9.59 Å². The highest BCUT2D eigenvalue weighted by Gasteiger charge is 2.28. The molecule has 2 amide bonds. The first-order chi connectivity index (χ1) is 6.74. The van der Waals surface area contributed by atoms with Crippen molar-refractivity contribution in [1.82, 2.24) is 10.6 Å². The van der Waals surface area contributed by atoms with E-state index in [0.29, 0.717) is 25.3 Å². The van der Waals surface area contributed by atoms with E-state index < -0.39 is 0 Å². The zero-order valence-electron chi connectivity index (χ0n) is 8.08. The Labute approximate surface area is 89.2 Å². The standard InChI is InChI=1S/C9H16N2O2S/c12-8(3-6-14)10-4-5-11-9(13)7-1-2-7/h7,14H,1-6H2,(H,10,12)(H,11,13). The Morgan fingerprint density at radius 1 is 1.21 bits per heavy atom. The summed E-state index contributed by atoms with van der Waals surface area (Å²) in [5.74, 6) is 0.901. The molecule has 80 valence electrons. The lowest BCUT2D eigenvalue weighted by molar-refractivity contribution is -0.123.